The van der Waals surface area contributed by atoms with Gasteiger partial charge in [0.1, 0.15) is 0 Å². The Morgan fingerprint density at radius 3 is 2.57 bits per heavy atom. The van der Waals surface area contributed by atoms with E-state index >= 15 is 0 Å². The third-order valence-corrected chi connectivity index (χ3v) is 7.14. The van der Waals surface area contributed by atoms with Gasteiger partial charge in [-0.05, 0) is 71.1 Å². The molecule has 0 radical (unpaired) electrons. The molecule has 2 aromatic heterocycles. The van der Waals surface area contributed by atoms with E-state index in [2.05, 4.69) is 53.7 Å². The Labute approximate surface area is 250 Å². The lowest BCUT2D eigenvalue weighted by Gasteiger charge is -2.29. The van der Waals surface area contributed by atoms with Crippen molar-refractivity contribution >= 4 is 34.2 Å². The van der Waals surface area contributed by atoms with E-state index in [0.29, 0.717) is 18.8 Å². The van der Waals surface area contributed by atoms with Crippen LogP contribution in [0.1, 0.15) is 51.3 Å². The molecule has 9 nitrogen and oxygen atoms in total. The number of aromatic nitrogens is 2. The van der Waals surface area contributed by atoms with Crippen molar-refractivity contribution in [3.05, 3.63) is 84.4 Å². The molecular formula is C33H46N8O. The second kappa shape index (κ2) is 15.8. The molecule has 1 aromatic carbocycles. The van der Waals surface area contributed by atoms with Crippen LogP contribution in [-0.4, -0.2) is 77.1 Å². The number of carbonyl (C=O) groups is 1. The number of benzene rings is 1. The molecule has 3 aromatic rings. The van der Waals surface area contributed by atoms with Crippen LogP contribution >= 0.6 is 0 Å². The zero-order valence-electron chi connectivity index (χ0n) is 25.9. The van der Waals surface area contributed by atoms with E-state index < -0.39 is 0 Å². The second-order valence-electron chi connectivity index (χ2n) is 10.9. The van der Waals surface area contributed by atoms with Gasteiger partial charge in [0.05, 0.1) is 29.3 Å². The molecule has 0 aliphatic heterocycles. The third kappa shape index (κ3) is 9.49. The number of anilines is 1. The summed E-state index contributed by atoms with van der Waals surface area (Å²) in [6, 6.07) is 12.3. The van der Waals surface area contributed by atoms with E-state index in [1.807, 2.05) is 68.5 Å². The van der Waals surface area contributed by atoms with Gasteiger partial charge in [-0.1, -0.05) is 44.7 Å². The van der Waals surface area contributed by atoms with Gasteiger partial charge in [0.25, 0.3) is 0 Å². The van der Waals surface area contributed by atoms with Crippen LogP contribution in [0.2, 0.25) is 0 Å². The molecule has 1 amide bonds. The third-order valence-electron chi connectivity index (χ3n) is 7.14. The number of amides is 1. The SMILES string of the molecule is C=C(C)C(=NC(N)=N[C@H](CC)C[C@H](CC)N(C)Cc1ccc(NC(=O)/C=C/CN(C)C)cn1)c1c[nH]c2ccccc12. The maximum absolute atomic E-state index is 12.1. The zero-order chi connectivity index (χ0) is 30.6. The summed E-state index contributed by atoms with van der Waals surface area (Å²) in [4.78, 5) is 33.8. The summed E-state index contributed by atoms with van der Waals surface area (Å²) in [6.07, 6.45) is 9.68. The lowest BCUT2D eigenvalue weighted by Crippen LogP contribution is -2.34. The average molecular weight is 571 g/mol. The number of aliphatic imine (C=N–C) groups is 2. The lowest BCUT2D eigenvalue weighted by atomic mass is 10.0. The molecule has 4 N–H and O–H groups in total. The summed E-state index contributed by atoms with van der Waals surface area (Å²) in [5.41, 5.74) is 11.6. The van der Waals surface area contributed by atoms with Gasteiger partial charge in [0.2, 0.25) is 11.9 Å². The highest BCUT2D eigenvalue weighted by Crippen LogP contribution is 2.22. The van der Waals surface area contributed by atoms with Gasteiger partial charge >= 0.3 is 0 Å². The topological polar surface area (TPSA) is 115 Å². The van der Waals surface area contributed by atoms with E-state index in [9.17, 15) is 4.79 Å². The maximum Gasteiger partial charge on any atom is 0.248 e. The van der Waals surface area contributed by atoms with Gasteiger partial charge in [-0.3, -0.25) is 14.7 Å². The molecule has 3 rings (SSSR count). The summed E-state index contributed by atoms with van der Waals surface area (Å²) < 4.78 is 0. The Morgan fingerprint density at radius 1 is 1.17 bits per heavy atom. The summed E-state index contributed by atoms with van der Waals surface area (Å²) in [5.74, 6) is 0.0969. The van der Waals surface area contributed by atoms with Crippen LogP contribution in [0.4, 0.5) is 5.69 Å². The Kier molecular flexibility index (Phi) is 12.2. The molecule has 0 spiro atoms. The van der Waals surface area contributed by atoms with Crippen LogP contribution in [0.25, 0.3) is 10.9 Å². The predicted molar refractivity (Wildman–Crippen MR) is 176 cm³/mol. The highest BCUT2D eigenvalue weighted by atomic mass is 16.1. The van der Waals surface area contributed by atoms with Crippen molar-refractivity contribution in [3.63, 3.8) is 0 Å². The second-order valence-corrected chi connectivity index (χ2v) is 10.9. The molecule has 0 fully saturated rings. The molecule has 9 heteroatoms. The van der Waals surface area contributed by atoms with Crippen LogP contribution < -0.4 is 11.1 Å². The van der Waals surface area contributed by atoms with Gasteiger partial charge in [-0.2, -0.15) is 0 Å². The van der Waals surface area contributed by atoms with Gasteiger partial charge in [-0.15, -0.1) is 0 Å². The number of pyridine rings is 1. The van der Waals surface area contributed by atoms with Crippen molar-refractivity contribution in [3.8, 4) is 0 Å². The number of guanidine groups is 1. The van der Waals surface area contributed by atoms with E-state index in [1.54, 1.807) is 12.3 Å². The Hall–Kier alpha value is -4.08. The molecule has 0 aliphatic rings. The van der Waals surface area contributed by atoms with Gasteiger partial charge < -0.3 is 20.9 Å². The highest BCUT2D eigenvalue weighted by Gasteiger charge is 2.19. The van der Waals surface area contributed by atoms with Crippen LogP contribution in [0.5, 0.6) is 0 Å². The van der Waals surface area contributed by atoms with Crippen molar-refractivity contribution in [1.82, 2.24) is 19.8 Å². The number of para-hydroxylation sites is 1. The first kappa shape index (κ1) is 32.4. The molecule has 42 heavy (non-hydrogen) atoms. The number of aromatic amines is 1. The molecule has 0 bridgehead atoms. The van der Waals surface area contributed by atoms with Crippen molar-refractivity contribution < 1.29 is 4.79 Å². The zero-order valence-corrected chi connectivity index (χ0v) is 25.9. The quantitative estimate of drug-likeness (QED) is 0.137. The van der Waals surface area contributed by atoms with Gasteiger partial charge in [0, 0.05) is 47.9 Å². The summed E-state index contributed by atoms with van der Waals surface area (Å²) in [5, 5.41) is 3.93. The fourth-order valence-electron chi connectivity index (χ4n) is 4.80. The summed E-state index contributed by atoms with van der Waals surface area (Å²) in [7, 11) is 6.02. The minimum atomic E-state index is -0.166. The molecule has 0 aliphatic carbocycles. The van der Waals surface area contributed by atoms with E-state index in [1.165, 1.54) is 0 Å². The minimum Gasteiger partial charge on any atom is -0.368 e. The van der Waals surface area contributed by atoms with Crippen LogP contribution in [-0.2, 0) is 11.3 Å². The first-order valence-electron chi connectivity index (χ1n) is 14.5. The number of nitrogens with two attached hydrogens (primary N) is 1. The van der Waals surface area contributed by atoms with Gasteiger partial charge in [-0.25, -0.2) is 9.98 Å². The first-order chi connectivity index (χ1) is 20.1. The number of hydrogen-bond acceptors (Lipinski definition) is 5. The molecule has 2 heterocycles. The Bertz CT molecular complexity index is 1420. The smallest absolute Gasteiger partial charge is 0.248 e. The fraction of sp³-hybridized carbons (Fsp3) is 0.394. The number of nitrogens with one attached hydrogen (secondary N) is 2. The number of hydrogen-bond donors (Lipinski definition) is 3. The Morgan fingerprint density at radius 2 is 1.93 bits per heavy atom. The molecular weight excluding hydrogens is 524 g/mol. The molecule has 0 unspecified atom stereocenters. The number of fused-ring (bicyclic) bond motifs is 1. The van der Waals surface area contributed by atoms with Crippen molar-refractivity contribution in [2.75, 3.05) is 33.0 Å². The van der Waals surface area contributed by atoms with E-state index in [0.717, 1.165) is 52.7 Å². The minimum absolute atomic E-state index is 0.0292. The first-order valence-corrected chi connectivity index (χ1v) is 14.5. The monoisotopic (exact) mass is 570 g/mol. The van der Waals surface area contributed by atoms with E-state index in [-0.39, 0.29) is 24.0 Å². The Balaban J connectivity index is 1.65. The number of carbonyl (C=O) groups excluding carboxylic acids is 1. The lowest BCUT2D eigenvalue weighted by molar-refractivity contribution is -0.111. The van der Waals surface area contributed by atoms with Crippen LogP contribution in [0, 0.1) is 0 Å². The fourth-order valence-corrected chi connectivity index (χ4v) is 4.80. The molecule has 0 saturated carbocycles. The van der Waals surface area contributed by atoms with Crippen molar-refractivity contribution in [2.24, 2.45) is 15.7 Å². The van der Waals surface area contributed by atoms with Gasteiger partial charge in [0.15, 0.2) is 0 Å². The summed E-state index contributed by atoms with van der Waals surface area (Å²) >= 11 is 0. The van der Waals surface area contributed by atoms with Crippen LogP contribution in [0.15, 0.2) is 83.1 Å². The highest BCUT2D eigenvalue weighted by molar-refractivity contribution is 6.21. The maximum atomic E-state index is 12.1. The number of allylic oxidation sites excluding steroid dienone is 1. The van der Waals surface area contributed by atoms with Crippen molar-refractivity contribution in [2.45, 2.75) is 58.7 Å². The summed E-state index contributed by atoms with van der Waals surface area (Å²) in [6.45, 7) is 11.8. The molecule has 0 saturated heterocycles. The predicted octanol–water partition coefficient (Wildman–Crippen LogP) is 5.38. The normalized spacial score (nSPS) is 14.2. The molecule has 2 atom stereocenters. The standard InChI is InChI=1S/C33H46N8O/c1-8-24(38-33(34)39-32(23(3)4)29-21-36-30-14-11-10-13-28(29)30)19-27(9-2)41(7)22-26-17-16-25(20-35-26)37-31(42)15-12-18-40(5)6/h10-17,20-21,24,27,36H,3,8-9,18-19,22H2,1-2,4-7H3,(H2,34,38)(H,37,42)/b15-12+,39-32?/t24-,27+/m1/s1. The van der Waals surface area contributed by atoms with Crippen LogP contribution in [0.3, 0.4) is 0 Å². The largest absolute Gasteiger partial charge is 0.368 e. The number of nitrogens with zero attached hydrogens (tertiary/aromatic N) is 5. The number of rotatable bonds is 14. The average Bonchev–Trinajstić information content (AvgIpc) is 3.38. The number of H-pyrrole nitrogens is 1. The van der Waals surface area contributed by atoms with E-state index in [4.69, 9.17) is 15.7 Å². The number of likely N-dealkylation sites (N-methyl/N-ethyl adjacent to an activating group) is 1. The van der Waals surface area contributed by atoms with Crippen molar-refractivity contribution in [1.29, 1.82) is 0 Å². The molecule has 224 valence electrons.